The molecule has 4 N–H and O–H groups in total. The molecule has 4 rings (SSSR count). The number of unbranched alkanes of at least 4 members (excludes halogenated alkanes) is 1. The number of aromatic nitrogens is 2. The lowest BCUT2D eigenvalue weighted by molar-refractivity contribution is -0.137. The van der Waals surface area contributed by atoms with Crippen LogP contribution in [0.3, 0.4) is 0 Å². The van der Waals surface area contributed by atoms with Gasteiger partial charge in [-0.1, -0.05) is 12.1 Å². The van der Waals surface area contributed by atoms with E-state index in [1.807, 2.05) is 42.5 Å². The summed E-state index contributed by atoms with van der Waals surface area (Å²) in [5, 5.41) is 13.1. The average molecular weight is 694 g/mol. The maximum Gasteiger partial charge on any atom is 0.304 e. The van der Waals surface area contributed by atoms with Crippen LogP contribution in [0.5, 0.6) is 5.75 Å². The average Bonchev–Trinajstić information content (AvgIpc) is 3.13. The number of pyridine rings is 2. The van der Waals surface area contributed by atoms with Crippen LogP contribution in [0, 0.1) is 0 Å². The molecule has 1 aliphatic rings. The number of benzene rings is 1. The van der Waals surface area contributed by atoms with Crippen LogP contribution in [0.25, 0.3) is 11.3 Å². The predicted molar refractivity (Wildman–Crippen MR) is 194 cm³/mol. The van der Waals surface area contributed by atoms with Gasteiger partial charge in [0.1, 0.15) is 18.2 Å². The summed E-state index contributed by atoms with van der Waals surface area (Å²) in [5.41, 5.74) is 10.3. The van der Waals surface area contributed by atoms with Crippen LogP contribution in [0.15, 0.2) is 54.6 Å². The number of carboxylic acids is 1. The number of hydrogen-bond acceptors (Lipinski definition) is 11. The minimum absolute atomic E-state index is 0.0219. The van der Waals surface area contributed by atoms with E-state index in [1.165, 1.54) is 5.56 Å². The zero-order valence-corrected chi connectivity index (χ0v) is 29.5. The highest BCUT2D eigenvalue weighted by molar-refractivity contribution is 5.68. The van der Waals surface area contributed by atoms with Gasteiger partial charge in [-0.3, -0.25) is 9.78 Å². The van der Waals surface area contributed by atoms with Crippen molar-refractivity contribution in [3.05, 3.63) is 71.5 Å². The fourth-order valence-corrected chi connectivity index (χ4v) is 5.76. The number of likely N-dealkylation sites (N-methyl/N-ethyl adjacent to an activating group) is 1. The maximum atomic E-state index is 11.8. The van der Waals surface area contributed by atoms with Gasteiger partial charge in [-0.05, 0) is 93.7 Å². The quantitative estimate of drug-likeness (QED) is 0.102. The van der Waals surface area contributed by atoms with Crippen LogP contribution in [-0.2, 0) is 36.6 Å². The summed E-state index contributed by atoms with van der Waals surface area (Å²) in [6.45, 7) is 7.47. The number of anilines is 1. The third-order valence-corrected chi connectivity index (χ3v) is 8.34. The standard InChI is InChI=1S/C38H55N5O7/c1-43(18-3-2-7-33-13-10-31-6-5-17-40-38(31)41-33)29-32(28-37(44)45)36-9-4-8-35(42-36)30-11-14-34(15-12-30)50-27-26-49-25-24-48-23-22-47-21-20-46-19-16-39/h4,8-15,32H,2-3,5-7,16-29,39H2,1H3,(H,40,41)(H,44,45). The summed E-state index contributed by atoms with van der Waals surface area (Å²) in [6.07, 6.45) is 5.25. The topological polar surface area (TPSA) is 151 Å². The van der Waals surface area contributed by atoms with E-state index in [1.54, 1.807) is 0 Å². The van der Waals surface area contributed by atoms with Crippen molar-refractivity contribution in [1.82, 2.24) is 14.9 Å². The molecule has 50 heavy (non-hydrogen) atoms. The van der Waals surface area contributed by atoms with Gasteiger partial charge in [0.05, 0.1) is 65.0 Å². The van der Waals surface area contributed by atoms with E-state index in [9.17, 15) is 9.90 Å². The first-order valence-corrected chi connectivity index (χ1v) is 17.9. The molecule has 0 aliphatic carbocycles. The van der Waals surface area contributed by atoms with Gasteiger partial charge < -0.3 is 44.7 Å². The van der Waals surface area contributed by atoms with Crippen LogP contribution in [0.4, 0.5) is 5.82 Å². The molecule has 274 valence electrons. The Labute approximate surface area is 296 Å². The third kappa shape index (κ3) is 14.7. The molecule has 12 heteroatoms. The van der Waals surface area contributed by atoms with E-state index in [-0.39, 0.29) is 12.3 Å². The SMILES string of the molecule is CN(CCCCc1ccc2c(n1)NCCC2)CC(CC(=O)O)c1cccc(-c2ccc(OCCOCCOCCOCCOCCN)cc2)n1. The van der Waals surface area contributed by atoms with Crippen LogP contribution >= 0.6 is 0 Å². The highest BCUT2D eigenvalue weighted by atomic mass is 16.6. The first-order valence-electron chi connectivity index (χ1n) is 17.9. The second kappa shape index (κ2) is 22.9. The smallest absolute Gasteiger partial charge is 0.304 e. The van der Waals surface area contributed by atoms with Crippen molar-refractivity contribution in [1.29, 1.82) is 0 Å². The Bertz CT molecular complexity index is 1390. The number of nitrogens with zero attached hydrogens (tertiary/aromatic N) is 3. The van der Waals surface area contributed by atoms with E-state index in [0.717, 1.165) is 79.4 Å². The Kier molecular flexibility index (Phi) is 18.0. The van der Waals surface area contributed by atoms with Gasteiger partial charge in [0.2, 0.25) is 0 Å². The number of nitrogens with one attached hydrogen (secondary N) is 1. The summed E-state index contributed by atoms with van der Waals surface area (Å²) >= 11 is 0. The molecule has 0 saturated carbocycles. The summed E-state index contributed by atoms with van der Waals surface area (Å²) in [5.74, 6) is 0.729. The van der Waals surface area contributed by atoms with Gasteiger partial charge in [0, 0.05) is 42.5 Å². The van der Waals surface area contributed by atoms with Crippen molar-refractivity contribution in [3.8, 4) is 17.0 Å². The van der Waals surface area contributed by atoms with E-state index >= 15 is 0 Å². The number of rotatable bonds is 26. The molecule has 3 aromatic rings. The third-order valence-electron chi connectivity index (χ3n) is 8.34. The van der Waals surface area contributed by atoms with Gasteiger partial charge in [-0.25, -0.2) is 4.98 Å². The molecule has 0 amide bonds. The molecule has 12 nitrogen and oxygen atoms in total. The molecule has 0 spiro atoms. The molecule has 0 bridgehead atoms. The number of aliphatic carboxylic acids is 1. The monoisotopic (exact) mass is 693 g/mol. The molecule has 1 aliphatic heterocycles. The molecule has 1 atom stereocenters. The number of hydrogen-bond donors (Lipinski definition) is 3. The van der Waals surface area contributed by atoms with Crippen molar-refractivity contribution in [3.63, 3.8) is 0 Å². The van der Waals surface area contributed by atoms with Gasteiger partial charge in [-0.2, -0.15) is 0 Å². The first kappa shape index (κ1) is 39.1. The number of aryl methyl sites for hydroxylation is 2. The predicted octanol–water partition coefficient (Wildman–Crippen LogP) is 4.42. The largest absolute Gasteiger partial charge is 0.491 e. The summed E-state index contributed by atoms with van der Waals surface area (Å²) in [6, 6.07) is 17.9. The maximum absolute atomic E-state index is 11.8. The molecule has 1 unspecified atom stereocenters. The molecule has 3 heterocycles. The lowest BCUT2D eigenvalue weighted by Crippen LogP contribution is -2.27. The highest BCUT2D eigenvalue weighted by Crippen LogP contribution is 2.26. The van der Waals surface area contributed by atoms with Crippen LogP contribution in [0.1, 0.15) is 48.6 Å². The number of fused-ring (bicyclic) bond motifs is 1. The van der Waals surface area contributed by atoms with Crippen molar-refractivity contribution >= 4 is 11.8 Å². The molecule has 0 fully saturated rings. The van der Waals surface area contributed by atoms with Crippen molar-refractivity contribution in [2.24, 2.45) is 5.73 Å². The Morgan fingerprint density at radius 1 is 0.880 bits per heavy atom. The van der Waals surface area contributed by atoms with Crippen molar-refractivity contribution in [2.45, 2.75) is 44.4 Å². The lowest BCUT2D eigenvalue weighted by atomic mass is 9.99. The number of nitrogens with two attached hydrogens (primary N) is 1. The Hall–Kier alpha value is -3.65. The van der Waals surface area contributed by atoms with E-state index in [0.29, 0.717) is 72.6 Å². The normalized spacial score (nSPS) is 13.2. The fraction of sp³-hybridized carbons (Fsp3) is 0.553. The molecule has 1 aromatic carbocycles. The summed E-state index contributed by atoms with van der Waals surface area (Å²) in [7, 11) is 2.05. The van der Waals surface area contributed by atoms with Gasteiger partial charge >= 0.3 is 5.97 Å². The summed E-state index contributed by atoms with van der Waals surface area (Å²) in [4.78, 5) is 23.7. The molecule has 0 radical (unpaired) electrons. The highest BCUT2D eigenvalue weighted by Gasteiger charge is 2.20. The van der Waals surface area contributed by atoms with Crippen LogP contribution < -0.4 is 15.8 Å². The van der Waals surface area contributed by atoms with Crippen LogP contribution in [-0.4, -0.2) is 119 Å². The Morgan fingerprint density at radius 3 is 2.28 bits per heavy atom. The lowest BCUT2D eigenvalue weighted by Gasteiger charge is -2.23. The van der Waals surface area contributed by atoms with Crippen molar-refractivity contribution in [2.75, 3.05) is 98.0 Å². The van der Waals surface area contributed by atoms with Gasteiger partial charge in [0.15, 0.2) is 0 Å². The van der Waals surface area contributed by atoms with Crippen molar-refractivity contribution < 1.29 is 33.6 Å². The second-order valence-corrected chi connectivity index (χ2v) is 12.4. The van der Waals surface area contributed by atoms with E-state index in [2.05, 4.69) is 29.4 Å². The Balaban J connectivity index is 1.14. The minimum Gasteiger partial charge on any atom is -0.491 e. The van der Waals surface area contributed by atoms with Gasteiger partial charge in [0.25, 0.3) is 0 Å². The van der Waals surface area contributed by atoms with Crippen LogP contribution in [0.2, 0.25) is 0 Å². The van der Waals surface area contributed by atoms with E-state index in [4.69, 9.17) is 39.4 Å². The molecular formula is C38H55N5O7. The number of carbonyl (C=O) groups is 1. The Morgan fingerprint density at radius 2 is 1.58 bits per heavy atom. The molecular weight excluding hydrogens is 638 g/mol. The molecule has 0 saturated heterocycles. The summed E-state index contributed by atoms with van der Waals surface area (Å²) < 4.78 is 27.6. The number of carboxylic acid groups (broad SMARTS) is 1. The zero-order valence-electron chi connectivity index (χ0n) is 29.5. The zero-order chi connectivity index (χ0) is 35.2. The first-order chi connectivity index (χ1) is 24.5. The molecule has 2 aromatic heterocycles. The number of ether oxygens (including phenoxy) is 5. The second-order valence-electron chi connectivity index (χ2n) is 12.4. The fourth-order valence-electron chi connectivity index (χ4n) is 5.76. The van der Waals surface area contributed by atoms with E-state index < -0.39 is 5.97 Å². The van der Waals surface area contributed by atoms with Gasteiger partial charge in [-0.15, -0.1) is 0 Å². The minimum atomic E-state index is -0.827.